The van der Waals surface area contributed by atoms with Gasteiger partial charge in [-0.05, 0) is 30.5 Å². The van der Waals surface area contributed by atoms with Gasteiger partial charge in [-0.1, -0.05) is 36.4 Å². The Balaban J connectivity index is 1.52. The predicted octanol–water partition coefficient (Wildman–Crippen LogP) is 1.50. The first-order valence-electron chi connectivity index (χ1n) is 12.1. The molecule has 1 saturated heterocycles. The van der Waals surface area contributed by atoms with Gasteiger partial charge in [0, 0.05) is 30.3 Å². The number of hydrogen-bond acceptors (Lipinski definition) is 6. The molecule has 1 aliphatic heterocycles. The summed E-state index contributed by atoms with van der Waals surface area (Å²) >= 11 is 0. The Morgan fingerprint density at radius 3 is 2.45 bits per heavy atom. The first-order valence-corrected chi connectivity index (χ1v) is 12.1. The molecule has 11 nitrogen and oxygen atoms in total. The number of ether oxygens (including phenoxy) is 1. The van der Waals surface area contributed by atoms with Gasteiger partial charge in [-0.25, -0.2) is 4.79 Å². The van der Waals surface area contributed by atoms with Gasteiger partial charge in [-0.2, -0.15) is 0 Å². The SMILES string of the molecule is NC(=O)[C@@H]1CCCN1C(=O)c1ccc(CNC(=O)c2cc(=O)n(Cc3ccccc3)c(=O)[nH]2)c(OC(F)(F)F)c1. The van der Waals surface area contributed by atoms with Crippen LogP contribution in [0.15, 0.2) is 64.2 Å². The second kappa shape index (κ2) is 11.5. The quantitative estimate of drug-likeness (QED) is 0.380. The lowest BCUT2D eigenvalue weighted by Crippen LogP contribution is -2.43. The van der Waals surface area contributed by atoms with Crippen LogP contribution in [0.3, 0.4) is 0 Å². The maximum atomic E-state index is 13.1. The summed E-state index contributed by atoms with van der Waals surface area (Å²) in [5.74, 6) is -3.10. The molecule has 0 saturated carbocycles. The molecule has 0 radical (unpaired) electrons. The van der Waals surface area contributed by atoms with Gasteiger partial charge in [0.2, 0.25) is 5.91 Å². The van der Waals surface area contributed by atoms with Crippen LogP contribution in [0.4, 0.5) is 13.2 Å². The first-order chi connectivity index (χ1) is 18.9. The number of H-pyrrole nitrogens is 1. The van der Waals surface area contributed by atoms with Crippen molar-refractivity contribution in [2.45, 2.75) is 38.3 Å². The van der Waals surface area contributed by atoms with Crippen molar-refractivity contribution in [3.8, 4) is 5.75 Å². The minimum absolute atomic E-state index is 0.0300. The number of hydrogen-bond donors (Lipinski definition) is 3. The summed E-state index contributed by atoms with van der Waals surface area (Å²) in [7, 11) is 0. The van der Waals surface area contributed by atoms with Crippen molar-refractivity contribution in [1.82, 2.24) is 19.8 Å². The number of nitrogens with one attached hydrogen (secondary N) is 2. The number of aromatic amines is 1. The maximum Gasteiger partial charge on any atom is 0.573 e. The van der Waals surface area contributed by atoms with Crippen LogP contribution >= 0.6 is 0 Å². The summed E-state index contributed by atoms with van der Waals surface area (Å²) in [5, 5.41) is 2.33. The Bertz CT molecular complexity index is 1520. The lowest BCUT2D eigenvalue weighted by Gasteiger charge is -2.23. The number of benzene rings is 2. The number of halogens is 3. The summed E-state index contributed by atoms with van der Waals surface area (Å²) in [6.45, 7) is -0.318. The highest BCUT2D eigenvalue weighted by molar-refractivity contribution is 5.98. The molecule has 210 valence electrons. The van der Waals surface area contributed by atoms with Crippen LogP contribution in [0.1, 0.15) is 44.8 Å². The van der Waals surface area contributed by atoms with E-state index in [4.69, 9.17) is 5.73 Å². The van der Waals surface area contributed by atoms with Crippen molar-refractivity contribution >= 4 is 17.7 Å². The Morgan fingerprint density at radius 2 is 1.80 bits per heavy atom. The fraction of sp³-hybridized carbons (Fsp3) is 0.269. The minimum Gasteiger partial charge on any atom is -0.405 e. The number of primary amides is 1. The van der Waals surface area contributed by atoms with Crippen LogP contribution in [-0.2, 0) is 17.9 Å². The van der Waals surface area contributed by atoms with Crippen molar-refractivity contribution < 1.29 is 32.3 Å². The fourth-order valence-corrected chi connectivity index (χ4v) is 4.35. The second-order valence-electron chi connectivity index (χ2n) is 9.01. The van der Waals surface area contributed by atoms with Gasteiger partial charge >= 0.3 is 12.1 Å². The van der Waals surface area contributed by atoms with E-state index in [9.17, 15) is 37.1 Å². The third kappa shape index (κ3) is 6.57. The zero-order valence-electron chi connectivity index (χ0n) is 20.9. The van der Waals surface area contributed by atoms with Crippen molar-refractivity contribution in [2.75, 3.05) is 6.54 Å². The highest BCUT2D eigenvalue weighted by Crippen LogP contribution is 2.29. The molecule has 1 fully saturated rings. The Kier molecular flexibility index (Phi) is 8.07. The molecular formula is C26H24F3N5O6. The minimum atomic E-state index is -5.11. The third-order valence-electron chi connectivity index (χ3n) is 6.27. The predicted molar refractivity (Wildman–Crippen MR) is 134 cm³/mol. The topological polar surface area (TPSA) is 157 Å². The molecule has 2 heterocycles. The fourth-order valence-electron chi connectivity index (χ4n) is 4.35. The van der Waals surface area contributed by atoms with E-state index < -0.39 is 59.4 Å². The van der Waals surface area contributed by atoms with Gasteiger partial charge in [-0.15, -0.1) is 13.2 Å². The number of nitrogens with two attached hydrogens (primary N) is 1. The standard InChI is InChI=1S/C26H24F3N5O6/c27-26(28,29)40-20-11-16(24(38)33-10-4-7-19(33)22(30)36)8-9-17(20)13-31-23(37)18-12-21(35)34(25(39)32-18)14-15-5-2-1-3-6-15/h1-3,5-6,8-9,11-12,19H,4,7,10,13-14H2,(H2,30,36)(H,31,37)(H,32,39)/t19-/m0/s1. The van der Waals surface area contributed by atoms with Crippen LogP contribution in [0.2, 0.25) is 0 Å². The zero-order chi connectivity index (χ0) is 29.0. The summed E-state index contributed by atoms with van der Waals surface area (Å²) in [4.78, 5) is 65.6. The molecule has 1 aromatic heterocycles. The van der Waals surface area contributed by atoms with E-state index in [1.807, 2.05) is 0 Å². The summed E-state index contributed by atoms with van der Waals surface area (Å²) in [6.07, 6.45) is -4.26. The number of likely N-dealkylation sites (tertiary alicyclic amines) is 1. The van der Waals surface area contributed by atoms with Crippen LogP contribution in [0.25, 0.3) is 0 Å². The second-order valence-corrected chi connectivity index (χ2v) is 9.01. The summed E-state index contributed by atoms with van der Waals surface area (Å²) in [6, 6.07) is 12.0. The summed E-state index contributed by atoms with van der Waals surface area (Å²) in [5.41, 5.74) is 3.70. The van der Waals surface area contributed by atoms with E-state index in [1.165, 1.54) is 11.0 Å². The van der Waals surface area contributed by atoms with E-state index >= 15 is 0 Å². The van der Waals surface area contributed by atoms with Crippen LogP contribution in [0.5, 0.6) is 5.75 Å². The van der Waals surface area contributed by atoms with E-state index in [0.717, 1.165) is 22.8 Å². The largest absolute Gasteiger partial charge is 0.573 e. The Labute approximate surface area is 224 Å². The summed E-state index contributed by atoms with van der Waals surface area (Å²) < 4.78 is 44.4. The van der Waals surface area contributed by atoms with Crippen molar-refractivity contribution in [1.29, 1.82) is 0 Å². The van der Waals surface area contributed by atoms with Gasteiger partial charge < -0.3 is 25.7 Å². The highest BCUT2D eigenvalue weighted by atomic mass is 19.4. The van der Waals surface area contributed by atoms with Gasteiger partial charge in [0.25, 0.3) is 17.4 Å². The third-order valence-corrected chi connectivity index (χ3v) is 6.27. The van der Waals surface area contributed by atoms with E-state index in [2.05, 4.69) is 15.0 Å². The van der Waals surface area contributed by atoms with Crippen molar-refractivity contribution in [2.24, 2.45) is 5.73 Å². The molecule has 4 rings (SSSR count). The van der Waals surface area contributed by atoms with Crippen LogP contribution < -0.4 is 27.0 Å². The number of aromatic nitrogens is 2. The van der Waals surface area contributed by atoms with Gasteiger partial charge in [0.15, 0.2) is 0 Å². The number of alkyl halides is 3. The molecule has 1 aliphatic rings. The number of amides is 3. The van der Waals surface area contributed by atoms with Crippen molar-refractivity contribution in [3.05, 3.63) is 97.8 Å². The van der Waals surface area contributed by atoms with Crippen molar-refractivity contribution in [3.63, 3.8) is 0 Å². The van der Waals surface area contributed by atoms with E-state index in [0.29, 0.717) is 18.4 Å². The molecule has 3 aromatic rings. The molecule has 3 amide bonds. The molecule has 0 bridgehead atoms. The van der Waals surface area contributed by atoms with Crippen LogP contribution in [-0.4, -0.2) is 51.1 Å². The lowest BCUT2D eigenvalue weighted by atomic mass is 10.1. The molecule has 2 aromatic carbocycles. The average Bonchev–Trinajstić information content (AvgIpc) is 3.39. The van der Waals surface area contributed by atoms with E-state index in [-0.39, 0.29) is 24.2 Å². The van der Waals surface area contributed by atoms with Gasteiger partial charge in [-0.3, -0.25) is 23.7 Å². The molecule has 0 spiro atoms. The molecule has 0 unspecified atom stereocenters. The molecule has 0 aliphatic carbocycles. The van der Waals surface area contributed by atoms with Gasteiger partial charge in [0.1, 0.15) is 17.5 Å². The molecule has 14 heteroatoms. The molecule has 1 atom stereocenters. The Morgan fingerprint density at radius 1 is 1.07 bits per heavy atom. The molecule has 40 heavy (non-hydrogen) atoms. The molecular weight excluding hydrogens is 535 g/mol. The first kappa shape index (κ1) is 28.1. The normalized spacial score (nSPS) is 15.1. The smallest absolute Gasteiger partial charge is 0.405 e. The van der Waals surface area contributed by atoms with E-state index in [1.54, 1.807) is 30.3 Å². The molecule has 4 N–H and O–H groups in total. The number of nitrogens with zero attached hydrogens (tertiary/aromatic N) is 2. The zero-order valence-corrected chi connectivity index (χ0v) is 20.9. The monoisotopic (exact) mass is 559 g/mol. The maximum absolute atomic E-state index is 13.1. The average molecular weight is 560 g/mol. The number of carbonyl (C=O) groups excluding carboxylic acids is 3. The lowest BCUT2D eigenvalue weighted by molar-refractivity contribution is -0.274. The number of rotatable bonds is 8. The Hall–Kier alpha value is -4.88. The van der Waals surface area contributed by atoms with Gasteiger partial charge in [0.05, 0.1) is 6.54 Å². The highest BCUT2D eigenvalue weighted by Gasteiger charge is 2.35. The number of carbonyl (C=O) groups is 3. The van der Waals surface area contributed by atoms with Crippen LogP contribution in [0, 0.1) is 0 Å².